The van der Waals surface area contributed by atoms with Crippen LogP contribution in [0, 0.1) is 11.6 Å². The van der Waals surface area contributed by atoms with Gasteiger partial charge < -0.3 is 5.32 Å². The number of amides is 1. The summed E-state index contributed by atoms with van der Waals surface area (Å²) in [5.74, 6) is -1.54. The van der Waals surface area contributed by atoms with Crippen molar-refractivity contribution in [3.63, 3.8) is 0 Å². The van der Waals surface area contributed by atoms with Crippen molar-refractivity contribution in [3.8, 4) is 0 Å². The second kappa shape index (κ2) is 8.52. The molecule has 1 amide bonds. The highest BCUT2D eigenvalue weighted by atomic mass is 35.5. The van der Waals surface area contributed by atoms with Crippen molar-refractivity contribution in [2.75, 3.05) is 38.0 Å². The second-order valence-electron chi connectivity index (χ2n) is 6.31. The molecule has 3 rings (SSSR count). The van der Waals surface area contributed by atoms with E-state index in [4.69, 9.17) is 11.6 Å². The minimum absolute atomic E-state index is 0.00645. The molecule has 2 aromatic carbocycles. The normalized spacial score (nSPS) is 16.1. The number of carbonyl (C=O) groups is 1. The summed E-state index contributed by atoms with van der Waals surface area (Å²) in [6.07, 6.45) is 0. The Morgan fingerprint density at radius 2 is 1.68 bits per heavy atom. The number of nitrogens with zero attached hydrogens (tertiary/aromatic N) is 2. The van der Waals surface area contributed by atoms with Gasteiger partial charge in [-0.25, -0.2) is 17.2 Å². The number of halogens is 3. The van der Waals surface area contributed by atoms with Gasteiger partial charge in [-0.15, -0.1) is 0 Å². The molecule has 0 unspecified atom stereocenters. The van der Waals surface area contributed by atoms with Crippen molar-refractivity contribution in [1.29, 1.82) is 0 Å². The van der Waals surface area contributed by atoms with Gasteiger partial charge in [0, 0.05) is 31.2 Å². The van der Waals surface area contributed by atoms with E-state index in [0.717, 1.165) is 18.2 Å². The molecule has 0 aromatic heterocycles. The van der Waals surface area contributed by atoms with Crippen LogP contribution >= 0.6 is 11.6 Å². The average Bonchev–Trinajstić information content (AvgIpc) is 2.65. The number of benzene rings is 2. The third-order valence-corrected chi connectivity index (χ3v) is 6.50. The minimum Gasteiger partial charge on any atom is -0.322 e. The fourth-order valence-electron chi connectivity index (χ4n) is 2.87. The van der Waals surface area contributed by atoms with Crippen LogP contribution < -0.4 is 5.32 Å². The predicted molar refractivity (Wildman–Crippen MR) is 102 cm³/mol. The van der Waals surface area contributed by atoms with Crippen molar-refractivity contribution < 1.29 is 22.0 Å². The van der Waals surface area contributed by atoms with Crippen LogP contribution in [0.25, 0.3) is 0 Å². The fraction of sp³-hybridized carbons (Fsp3) is 0.278. The van der Waals surface area contributed by atoms with E-state index in [1.807, 2.05) is 0 Å². The van der Waals surface area contributed by atoms with E-state index >= 15 is 0 Å². The van der Waals surface area contributed by atoms with E-state index in [9.17, 15) is 22.0 Å². The van der Waals surface area contributed by atoms with Crippen molar-refractivity contribution in [3.05, 3.63) is 59.1 Å². The zero-order chi connectivity index (χ0) is 20.3. The lowest BCUT2D eigenvalue weighted by atomic mass is 10.3. The molecule has 0 saturated carbocycles. The smallest absolute Gasteiger partial charge is 0.243 e. The Labute approximate surface area is 166 Å². The summed E-state index contributed by atoms with van der Waals surface area (Å²) in [5, 5.41) is 2.71. The number of carbonyl (C=O) groups excluding carboxylic acids is 1. The maximum absolute atomic E-state index is 13.7. The van der Waals surface area contributed by atoms with Gasteiger partial charge in [0.05, 0.1) is 17.1 Å². The molecule has 1 N–H and O–H groups in total. The number of hydrogen-bond acceptors (Lipinski definition) is 4. The van der Waals surface area contributed by atoms with Gasteiger partial charge >= 0.3 is 0 Å². The van der Waals surface area contributed by atoms with Crippen molar-refractivity contribution in [2.24, 2.45) is 0 Å². The molecule has 1 heterocycles. The first-order chi connectivity index (χ1) is 13.3. The Kier molecular flexibility index (Phi) is 6.29. The summed E-state index contributed by atoms with van der Waals surface area (Å²) in [4.78, 5) is 13.9. The van der Waals surface area contributed by atoms with Crippen LogP contribution in [-0.4, -0.2) is 56.3 Å². The molecule has 1 fully saturated rings. The molecule has 1 saturated heterocycles. The van der Waals surface area contributed by atoms with Gasteiger partial charge in [-0.05, 0) is 42.5 Å². The molecule has 0 aliphatic carbocycles. The molecule has 10 heteroatoms. The molecule has 6 nitrogen and oxygen atoms in total. The number of hydrogen-bond donors (Lipinski definition) is 1. The van der Waals surface area contributed by atoms with E-state index < -0.39 is 27.6 Å². The average molecular weight is 430 g/mol. The predicted octanol–water partition coefficient (Wildman–Crippen LogP) is 2.56. The highest BCUT2D eigenvalue weighted by Crippen LogP contribution is 2.20. The largest absolute Gasteiger partial charge is 0.322 e. The maximum atomic E-state index is 13.7. The third-order valence-electron chi connectivity index (χ3n) is 4.36. The summed E-state index contributed by atoms with van der Waals surface area (Å²) in [5.41, 5.74) is 0.0342. The summed E-state index contributed by atoms with van der Waals surface area (Å²) in [7, 11) is -3.71. The monoisotopic (exact) mass is 429 g/mol. The van der Waals surface area contributed by atoms with Crippen LogP contribution in [0.15, 0.2) is 47.4 Å². The molecule has 2 aromatic rings. The molecular weight excluding hydrogens is 412 g/mol. The van der Waals surface area contributed by atoms with E-state index in [0.29, 0.717) is 13.1 Å². The molecule has 0 atom stereocenters. The summed E-state index contributed by atoms with van der Waals surface area (Å²) < 4.78 is 53.2. The number of rotatable bonds is 5. The van der Waals surface area contributed by atoms with Crippen molar-refractivity contribution in [2.45, 2.75) is 4.90 Å². The van der Waals surface area contributed by atoms with E-state index in [1.165, 1.54) is 28.6 Å². The maximum Gasteiger partial charge on any atom is 0.243 e. The highest BCUT2D eigenvalue weighted by Gasteiger charge is 2.29. The molecule has 0 spiro atoms. The molecule has 1 aliphatic heterocycles. The van der Waals surface area contributed by atoms with Crippen LogP contribution in [0.4, 0.5) is 14.5 Å². The topological polar surface area (TPSA) is 69.7 Å². The summed E-state index contributed by atoms with van der Waals surface area (Å²) in [6, 6.07) is 8.61. The van der Waals surface area contributed by atoms with Gasteiger partial charge in [-0.2, -0.15) is 4.31 Å². The standard InChI is InChI=1S/C18H18ClF2N3O3S/c19-13-1-6-17(16(21)11-13)22-18(25)12-23-7-9-24(10-8-23)28(26,27)15-4-2-14(20)3-5-15/h1-6,11H,7-10,12H2,(H,22,25). The van der Waals surface area contributed by atoms with Gasteiger partial charge in [-0.3, -0.25) is 9.69 Å². The number of nitrogens with one attached hydrogen (secondary N) is 1. The molecule has 150 valence electrons. The summed E-state index contributed by atoms with van der Waals surface area (Å²) >= 11 is 5.68. The van der Waals surface area contributed by atoms with Crippen molar-refractivity contribution >= 4 is 33.2 Å². The first kappa shape index (κ1) is 20.7. The molecule has 0 bridgehead atoms. The van der Waals surface area contributed by atoms with Gasteiger partial charge in [0.15, 0.2) is 0 Å². The van der Waals surface area contributed by atoms with Gasteiger partial charge in [-0.1, -0.05) is 11.6 Å². The lowest BCUT2D eigenvalue weighted by Gasteiger charge is -2.33. The molecule has 1 aliphatic rings. The van der Waals surface area contributed by atoms with E-state index in [2.05, 4.69) is 5.32 Å². The van der Waals surface area contributed by atoms with E-state index in [-0.39, 0.29) is 35.2 Å². The molecule has 0 radical (unpaired) electrons. The lowest BCUT2D eigenvalue weighted by molar-refractivity contribution is -0.117. The fourth-order valence-corrected chi connectivity index (χ4v) is 4.45. The Morgan fingerprint density at radius 1 is 1.04 bits per heavy atom. The van der Waals surface area contributed by atoms with Crippen LogP contribution in [0.5, 0.6) is 0 Å². The Balaban J connectivity index is 1.55. The van der Waals surface area contributed by atoms with E-state index in [1.54, 1.807) is 4.90 Å². The second-order valence-corrected chi connectivity index (χ2v) is 8.68. The minimum atomic E-state index is -3.71. The van der Waals surface area contributed by atoms with Crippen LogP contribution in [-0.2, 0) is 14.8 Å². The van der Waals surface area contributed by atoms with Crippen LogP contribution in [0.3, 0.4) is 0 Å². The van der Waals surface area contributed by atoms with Gasteiger partial charge in [0.1, 0.15) is 11.6 Å². The first-order valence-corrected chi connectivity index (χ1v) is 10.3. The van der Waals surface area contributed by atoms with Crippen LogP contribution in [0.1, 0.15) is 0 Å². The quantitative estimate of drug-likeness (QED) is 0.793. The Bertz CT molecular complexity index is 963. The SMILES string of the molecule is O=C(CN1CCN(S(=O)(=O)c2ccc(F)cc2)CC1)Nc1ccc(Cl)cc1F. The van der Waals surface area contributed by atoms with Gasteiger partial charge in [0.2, 0.25) is 15.9 Å². The van der Waals surface area contributed by atoms with Gasteiger partial charge in [0.25, 0.3) is 0 Å². The number of anilines is 1. The summed E-state index contributed by atoms with van der Waals surface area (Å²) in [6.45, 7) is 1.09. The lowest BCUT2D eigenvalue weighted by Crippen LogP contribution is -2.50. The third kappa shape index (κ3) is 4.85. The zero-order valence-electron chi connectivity index (χ0n) is 14.7. The Morgan fingerprint density at radius 3 is 2.29 bits per heavy atom. The first-order valence-electron chi connectivity index (χ1n) is 8.49. The van der Waals surface area contributed by atoms with Crippen molar-refractivity contribution in [1.82, 2.24) is 9.21 Å². The van der Waals surface area contributed by atoms with Crippen LogP contribution in [0.2, 0.25) is 5.02 Å². The zero-order valence-corrected chi connectivity index (χ0v) is 16.3. The number of sulfonamides is 1. The Hall–Kier alpha value is -2.07. The number of piperazine rings is 1. The molecule has 28 heavy (non-hydrogen) atoms. The molecular formula is C18H18ClF2N3O3S. The highest BCUT2D eigenvalue weighted by molar-refractivity contribution is 7.89.